The first kappa shape index (κ1) is 13.9. The Morgan fingerprint density at radius 3 is 2.17 bits per heavy atom. The van der Waals surface area contributed by atoms with E-state index in [0.717, 1.165) is 0 Å². The lowest BCUT2D eigenvalue weighted by Crippen LogP contribution is -2.05. The molecule has 4 heteroatoms. The van der Waals surface area contributed by atoms with Gasteiger partial charge >= 0.3 is 5.97 Å². The molecule has 2 N–H and O–H groups in total. The molecule has 0 rings (SSSR count). The molecule has 0 aromatic rings. The van der Waals surface area contributed by atoms with Crippen LogP contribution < -0.4 is 0 Å². The van der Waals surface area contributed by atoms with Gasteiger partial charge in [-0.1, -0.05) is 0 Å². The average molecular weight is 178 g/mol. The third-order valence-electron chi connectivity index (χ3n) is 0.621. The number of ether oxygens (including phenoxy) is 1. The van der Waals surface area contributed by atoms with Gasteiger partial charge in [0.15, 0.2) is 0 Å². The maximum Gasteiger partial charge on any atom is 0.308 e. The fourth-order valence-corrected chi connectivity index (χ4v) is 0.324. The van der Waals surface area contributed by atoms with Crippen LogP contribution in [0.5, 0.6) is 0 Å². The minimum atomic E-state index is -0.338. The summed E-state index contributed by atoms with van der Waals surface area (Å²) in [6, 6.07) is 0. The summed E-state index contributed by atoms with van der Waals surface area (Å²) in [4.78, 5) is 10.3. The highest BCUT2D eigenvalue weighted by molar-refractivity contribution is 5.69. The second-order valence-corrected chi connectivity index (χ2v) is 2.37. The number of aliphatic hydroxyl groups excluding tert-OH is 2. The molecule has 0 aliphatic heterocycles. The lowest BCUT2D eigenvalue weighted by molar-refractivity contribution is -0.143. The van der Waals surface area contributed by atoms with Gasteiger partial charge in [-0.25, -0.2) is 0 Å². The number of carbonyl (C=O) groups excluding carboxylic acids is 1. The van der Waals surface area contributed by atoms with Gasteiger partial charge in [0.2, 0.25) is 0 Å². The molecule has 0 atom stereocenters. The molecule has 0 spiro atoms. The Morgan fingerprint density at radius 1 is 1.50 bits per heavy atom. The molecule has 0 amide bonds. The van der Waals surface area contributed by atoms with E-state index >= 15 is 0 Å². The van der Waals surface area contributed by atoms with E-state index in [1.54, 1.807) is 20.8 Å². The average Bonchev–Trinajstić information content (AvgIpc) is 1.87. The predicted octanol–water partition coefficient (Wildman–Crippen LogP) is 0.319. The Hall–Kier alpha value is -0.610. The van der Waals surface area contributed by atoms with Crippen LogP contribution >= 0.6 is 0 Å². The van der Waals surface area contributed by atoms with Crippen molar-refractivity contribution >= 4 is 5.97 Å². The number of hydrogen-bond donors (Lipinski definition) is 2. The van der Waals surface area contributed by atoms with Crippen molar-refractivity contribution in [1.82, 2.24) is 0 Å². The Labute approximate surface area is 73.2 Å². The van der Waals surface area contributed by atoms with Crippen molar-refractivity contribution in [2.24, 2.45) is 0 Å². The summed E-state index contributed by atoms with van der Waals surface area (Å²) in [5, 5.41) is 16.2. The molecule has 0 saturated carbocycles. The predicted molar refractivity (Wildman–Crippen MR) is 45.7 cm³/mol. The van der Waals surface area contributed by atoms with E-state index in [1.165, 1.54) is 0 Å². The molecular formula is C8H18O4. The van der Waals surface area contributed by atoms with Crippen molar-refractivity contribution < 1.29 is 19.7 Å². The molecule has 0 saturated heterocycles. The Bertz CT molecular complexity index is 90.5. The molecule has 0 heterocycles. The maximum atomic E-state index is 10.3. The van der Waals surface area contributed by atoms with E-state index in [-0.39, 0.29) is 25.1 Å². The van der Waals surface area contributed by atoms with Gasteiger partial charge in [-0.05, 0) is 20.8 Å². The first-order valence-electron chi connectivity index (χ1n) is 3.99. The van der Waals surface area contributed by atoms with Crippen LogP contribution in [0.2, 0.25) is 0 Å². The normalized spacial score (nSPS) is 8.83. The molecule has 0 radical (unpaired) electrons. The summed E-state index contributed by atoms with van der Waals surface area (Å²) in [7, 11) is 0. The van der Waals surface area contributed by atoms with E-state index in [4.69, 9.17) is 10.2 Å². The number of esters is 1. The van der Waals surface area contributed by atoms with Gasteiger partial charge in [0.05, 0.1) is 19.6 Å². The van der Waals surface area contributed by atoms with E-state index in [2.05, 4.69) is 4.74 Å². The smallest absolute Gasteiger partial charge is 0.308 e. The molecule has 0 aromatic heterocycles. The van der Waals surface area contributed by atoms with Gasteiger partial charge in [0.1, 0.15) is 0 Å². The van der Waals surface area contributed by atoms with Crippen molar-refractivity contribution in [2.75, 3.05) is 13.2 Å². The van der Waals surface area contributed by atoms with Gasteiger partial charge in [0.25, 0.3) is 0 Å². The van der Waals surface area contributed by atoms with Crippen molar-refractivity contribution in [2.45, 2.75) is 33.3 Å². The van der Waals surface area contributed by atoms with Crippen molar-refractivity contribution in [3.8, 4) is 0 Å². The Kier molecular flexibility index (Phi) is 12.1. The highest BCUT2D eigenvalue weighted by atomic mass is 16.5. The second-order valence-electron chi connectivity index (χ2n) is 2.37. The SMILES string of the molecule is CC(C)O.CCOC(=O)CCO. The lowest BCUT2D eigenvalue weighted by Gasteiger charge is -1.96. The summed E-state index contributed by atoms with van der Waals surface area (Å²) in [5.41, 5.74) is 0. The summed E-state index contributed by atoms with van der Waals surface area (Å²) >= 11 is 0. The molecule has 4 nitrogen and oxygen atoms in total. The Balaban J connectivity index is 0. The lowest BCUT2D eigenvalue weighted by atomic mass is 10.5. The van der Waals surface area contributed by atoms with E-state index in [9.17, 15) is 4.79 Å². The standard InChI is InChI=1S/C5H10O3.C3H8O/c1-2-8-5(7)3-4-6;1-3(2)4/h6H,2-4H2,1H3;3-4H,1-2H3. The molecule has 0 aliphatic carbocycles. The second kappa shape index (κ2) is 10.4. The zero-order valence-corrected chi connectivity index (χ0v) is 7.91. The van der Waals surface area contributed by atoms with Gasteiger partial charge in [0, 0.05) is 6.10 Å². The summed E-state index contributed by atoms with van der Waals surface area (Å²) < 4.78 is 4.48. The molecular weight excluding hydrogens is 160 g/mol. The zero-order chi connectivity index (χ0) is 9.98. The van der Waals surface area contributed by atoms with Crippen molar-refractivity contribution in [1.29, 1.82) is 0 Å². The third-order valence-corrected chi connectivity index (χ3v) is 0.621. The third kappa shape index (κ3) is 22.8. The van der Waals surface area contributed by atoms with E-state index < -0.39 is 0 Å². The van der Waals surface area contributed by atoms with Crippen LogP contribution in [0.25, 0.3) is 0 Å². The maximum absolute atomic E-state index is 10.3. The van der Waals surface area contributed by atoms with Crippen LogP contribution in [0.15, 0.2) is 0 Å². The minimum Gasteiger partial charge on any atom is -0.466 e. The first-order chi connectivity index (χ1) is 5.54. The molecule has 0 aliphatic rings. The van der Waals surface area contributed by atoms with Gasteiger partial charge in [-0.2, -0.15) is 0 Å². The van der Waals surface area contributed by atoms with Gasteiger partial charge in [-0.3, -0.25) is 4.79 Å². The van der Waals surface area contributed by atoms with Crippen molar-refractivity contribution in [3.05, 3.63) is 0 Å². The minimum absolute atomic E-state index is 0.105. The highest BCUT2D eigenvalue weighted by Gasteiger charge is 1.96. The monoisotopic (exact) mass is 178 g/mol. The summed E-state index contributed by atoms with van der Waals surface area (Å²) in [6.07, 6.45) is -0.0617. The van der Waals surface area contributed by atoms with Gasteiger partial charge in [-0.15, -0.1) is 0 Å². The Morgan fingerprint density at radius 2 is 1.92 bits per heavy atom. The quantitative estimate of drug-likeness (QED) is 0.611. The van der Waals surface area contributed by atoms with Crippen LogP contribution in [0, 0.1) is 0 Å². The molecule has 12 heavy (non-hydrogen) atoms. The van der Waals surface area contributed by atoms with E-state index in [0.29, 0.717) is 6.61 Å². The molecule has 0 aromatic carbocycles. The van der Waals surface area contributed by atoms with Crippen LogP contribution in [-0.2, 0) is 9.53 Å². The number of hydrogen-bond acceptors (Lipinski definition) is 4. The highest BCUT2D eigenvalue weighted by Crippen LogP contribution is 1.82. The fourth-order valence-electron chi connectivity index (χ4n) is 0.324. The zero-order valence-electron chi connectivity index (χ0n) is 7.91. The van der Waals surface area contributed by atoms with Crippen LogP contribution in [-0.4, -0.2) is 35.5 Å². The number of rotatable bonds is 3. The fraction of sp³-hybridized carbons (Fsp3) is 0.875. The molecule has 0 bridgehead atoms. The summed E-state index contributed by atoms with van der Waals surface area (Å²) in [6.45, 7) is 5.44. The van der Waals surface area contributed by atoms with Crippen LogP contribution in [0.3, 0.4) is 0 Å². The largest absolute Gasteiger partial charge is 0.466 e. The van der Waals surface area contributed by atoms with E-state index in [1.807, 2.05) is 0 Å². The molecule has 0 unspecified atom stereocenters. The number of carbonyl (C=O) groups is 1. The first-order valence-corrected chi connectivity index (χ1v) is 3.99. The molecule has 74 valence electrons. The van der Waals surface area contributed by atoms with Crippen LogP contribution in [0.4, 0.5) is 0 Å². The van der Waals surface area contributed by atoms with Crippen LogP contribution in [0.1, 0.15) is 27.2 Å². The topological polar surface area (TPSA) is 66.8 Å². The summed E-state index contributed by atoms with van der Waals surface area (Å²) in [5.74, 6) is -0.338. The van der Waals surface area contributed by atoms with Crippen molar-refractivity contribution in [3.63, 3.8) is 0 Å². The number of aliphatic hydroxyl groups is 2. The molecule has 0 fully saturated rings. The van der Waals surface area contributed by atoms with Gasteiger partial charge < -0.3 is 14.9 Å².